The highest BCUT2D eigenvalue weighted by atomic mass is 79.9. The van der Waals surface area contributed by atoms with Crippen LogP contribution >= 0.6 is 31.9 Å². The van der Waals surface area contributed by atoms with Gasteiger partial charge in [0.2, 0.25) is 0 Å². The molecule has 0 aliphatic heterocycles. The van der Waals surface area contributed by atoms with E-state index >= 15 is 0 Å². The van der Waals surface area contributed by atoms with Gasteiger partial charge >= 0.3 is 0 Å². The van der Waals surface area contributed by atoms with Gasteiger partial charge in [-0.2, -0.15) is 0 Å². The van der Waals surface area contributed by atoms with E-state index in [0.29, 0.717) is 20.2 Å². The fourth-order valence-corrected chi connectivity index (χ4v) is 3.03. The molecule has 2 rings (SSSR count). The highest BCUT2D eigenvalue weighted by Gasteiger charge is 2.10. The summed E-state index contributed by atoms with van der Waals surface area (Å²) in [5.41, 5.74) is 1.10. The van der Waals surface area contributed by atoms with Gasteiger partial charge in [-0.25, -0.2) is 0 Å². The summed E-state index contributed by atoms with van der Waals surface area (Å²) >= 11 is 6.47. The van der Waals surface area contributed by atoms with Gasteiger partial charge in [0.05, 0.1) is 15.0 Å². The molecule has 6 heteroatoms. The summed E-state index contributed by atoms with van der Waals surface area (Å²) < 4.78 is 6.69. The third-order valence-electron chi connectivity index (χ3n) is 3.30. The molecular formula is C17H17Br2NO3. The first-order chi connectivity index (χ1) is 10.9. The predicted molar refractivity (Wildman–Crippen MR) is 98.3 cm³/mol. The molecule has 2 N–H and O–H groups in total. The Labute approximate surface area is 152 Å². The lowest BCUT2D eigenvalue weighted by molar-refractivity contribution is 0.102. The first kappa shape index (κ1) is 17.8. The average Bonchev–Trinajstić information content (AvgIpc) is 2.53. The molecule has 1 unspecified atom stereocenters. The van der Waals surface area contributed by atoms with Crippen molar-refractivity contribution in [2.24, 2.45) is 0 Å². The summed E-state index contributed by atoms with van der Waals surface area (Å²) in [6.45, 7) is 4.06. The first-order valence-corrected chi connectivity index (χ1v) is 8.75. The van der Waals surface area contributed by atoms with Crippen LogP contribution in [-0.2, 0) is 0 Å². The van der Waals surface area contributed by atoms with Crippen molar-refractivity contribution in [2.75, 3.05) is 5.32 Å². The fourth-order valence-electron chi connectivity index (χ4n) is 1.84. The number of carbonyl (C=O) groups is 1. The van der Waals surface area contributed by atoms with Crippen LogP contribution in [0.5, 0.6) is 11.5 Å². The maximum atomic E-state index is 12.3. The highest BCUT2D eigenvalue weighted by molar-refractivity contribution is 9.11. The molecule has 0 radical (unpaired) electrons. The van der Waals surface area contributed by atoms with Crippen molar-refractivity contribution in [3.63, 3.8) is 0 Å². The molecule has 2 aromatic carbocycles. The van der Waals surface area contributed by atoms with E-state index in [4.69, 9.17) is 4.74 Å². The Bertz CT molecular complexity index is 678. The van der Waals surface area contributed by atoms with E-state index in [-0.39, 0.29) is 17.8 Å². The van der Waals surface area contributed by atoms with Gasteiger partial charge in [-0.1, -0.05) is 6.92 Å². The number of ether oxygens (including phenoxy) is 1. The second-order valence-electron chi connectivity index (χ2n) is 5.10. The molecule has 0 aliphatic rings. The van der Waals surface area contributed by atoms with Crippen LogP contribution in [0, 0.1) is 0 Å². The quantitative estimate of drug-likeness (QED) is 0.613. The Morgan fingerprint density at radius 2 is 1.78 bits per heavy atom. The van der Waals surface area contributed by atoms with E-state index in [1.165, 1.54) is 0 Å². The van der Waals surface area contributed by atoms with Crippen molar-refractivity contribution in [1.29, 1.82) is 0 Å². The van der Waals surface area contributed by atoms with Crippen LogP contribution in [0.2, 0.25) is 0 Å². The van der Waals surface area contributed by atoms with Crippen LogP contribution in [0.15, 0.2) is 45.3 Å². The number of rotatable bonds is 5. The third kappa shape index (κ3) is 4.72. The summed E-state index contributed by atoms with van der Waals surface area (Å²) in [4.78, 5) is 12.3. The lowest BCUT2D eigenvalue weighted by Crippen LogP contribution is -2.12. The summed E-state index contributed by atoms with van der Waals surface area (Å²) in [7, 11) is 0. The summed E-state index contributed by atoms with van der Waals surface area (Å²) in [5.74, 6) is 0.602. The van der Waals surface area contributed by atoms with Crippen LogP contribution in [0.25, 0.3) is 0 Å². The Hall–Kier alpha value is -1.53. The lowest BCUT2D eigenvalue weighted by atomic mass is 10.2. The number of hydrogen-bond donors (Lipinski definition) is 2. The van der Waals surface area contributed by atoms with E-state index in [1.807, 2.05) is 6.92 Å². The number of anilines is 1. The van der Waals surface area contributed by atoms with Gasteiger partial charge in [0.25, 0.3) is 5.91 Å². The predicted octanol–water partition coefficient (Wildman–Crippen LogP) is 5.35. The normalized spacial score (nSPS) is 11.8. The molecule has 2 aromatic rings. The van der Waals surface area contributed by atoms with Crippen molar-refractivity contribution in [2.45, 2.75) is 26.4 Å². The molecule has 0 aliphatic carbocycles. The van der Waals surface area contributed by atoms with Crippen molar-refractivity contribution in [3.8, 4) is 11.5 Å². The number of hydrogen-bond acceptors (Lipinski definition) is 3. The first-order valence-electron chi connectivity index (χ1n) is 7.16. The maximum absolute atomic E-state index is 12.3. The van der Waals surface area contributed by atoms with Gasteiger partial charge in [-0.3, -0.25) is 4.79 Å². The average molecular weight is 443 g/mol. The van der Waals surface area contributed by atoms with Crippen LogP contribution in [0.3, 0.4) is 0 Å². The highest BCUT2D eigenvalue weighted by Crippen LogP contribution is 2.35. The second kappa shape index (κ2) is 7.84. The van der Waals surface area contributed by atoms with Crippen molar-refractivity contribution in [3.05, 3.63) is 50.9 Å². The van der Waals surface area contributed by atoms with Gasteiger partial charge in [0.1, 0.15) is 11.5 Å². The van der Waals surface area contributed by atoms with Crippen LogP contribution < -0.4 is 10.1 Å². The summed E-state index contributed by atoms with van der Waals surface area (Å²) in [5, 5.41) is 12.5. The molecule has 0 fully saturated rings. The maximum Gasteiger partial charge on any atom is 0.255 e. The molecule has 1 atom stereocenters. The molecule has 0 saturated heterocycles. The lowest BCUT2D eigenvalue weighted by Gasteiger charge is -2.13. The number of phenolic OH excluding ortho intramolecular Hbond substituents is 1. The van der Waals surface area contributed by atoms with Crippen LogP contribution in [0.4, 0.5) is 5.69 Å². The molecule has 1 amide bonds. The van der Waals surface area contributed by atoms with Crippen LogP contribution in [-0.4, -0.2) is 17.1 Å². The van der Waals surface area contributed by atoms with Gasteiger partial charge < -0.3 is 15.2 Å². The smallest absolute Gasteiger partial charge is 0.255 e. The van der Waals surface area contributed by atoms with E-state index in [2.05, 4.69) is 44.1 Å². The van der Waals surface area contributed by atoms with E-state index < -0.39 is 0 Å². The number of aromatic hydroxyl groups is 1. The Balaban J connectivity index is 2.09. The minimum absolute atomic E-state index is 0.0922. The monoisotopic (exact) mass is 441 g/mol. The molecule has 23 heavy (non-hydrogen) atoms. The number of phenols is 1. The van der Waals surface area contributed by atoms with Gasteiger partial charge in [-0.05, 0) is 81.6 Å². The largest absolute Gasteiger partial charge is 0.506 e. The second-order valence-corrected chi connectivity index (χ2v) is 6.81. The van der Waals surface area contributed by atoms with E-state index in [9.17, 15) is 9.90 Å². The Morgan fingerprint density at radius 1 is 1.22 bits per heavy atom. The Kier molecular flexibility index (Phi) is 6.07. The molecular weight excluding hydrogens is 426 g/mol. The molecule has 122 valence electrons. The van der Waals surface area contributed by atoms with Crippen molar-refractivity contribution < 1.29 is 14.6 Å². The number of benzene rings is 2. The number of nitrogens with one attached hydrogen (secondary N) is 1. The summed E-state index contributed by atoms with van der Waals surface area (Å²) in [6.07, 6.45) is 1.06. The molecule has 0 saturated carbocycles. The number of halogens is 2. The standard InChI is InChI=1S/C17H17Br2NO3/c1-3-10(2)23-13-6-4-11(5-7-13)17(22)20-12-8-14(18)16(21)15(19)9-12/h4-10,21H,3H2,1-2H3,(H,20,22). The zero-order chi connectivity index (χ0) is 17.0. The molecule has 4 nitrogen and oxygen atoms in total. The number of carbonyl (C=O) groups excluding carboxylic acids is 1. The van der Waals surface area contributed by atoms with Crippen molar-refractivity contribution in [1.82, 2.24) is 0 Å². The Morgan fingerprint density at radius 3 is 2.30 bits per heavy atom. The van der Waals surface area contributed by atoms with Gasteiger partial charge in [0.15, 0.2) is 0 Å². The molecule has 0 bridgehead atoms. The van der Waals surface area contributed by atoms with Crippen LogP contribution in [0.1, 0.15) is 30.6 Å². The van der Waals surface area contributed by atoms with Gasteiger partial charge in [0, 0.05) is 11.3 Å². The zero-order valence-corrected chi connectivity index (χ0v) is 15.9. The SMILES string of the molecule is CCC(C)Oc1ccc(C(=O)Nc2cc(Br)c(O)c(Br)c2)cc1. The molecule has 0 spiro atoms. The van der Waals surface area contributed by atoms with Crippen molar-refractivity contribution >= 4 is 43.5 Å². The zero-order valence-electron chi connectivity index (χ0n) is 12.8. The fraction of sp³-hybridized carbons (Fsp3) is 0.235. The minimum atomic E-state index is -0.232. The third-order valence-corrected chi connectivity index (χ3v) is 4.51. The number of amides is 1. The minimum Gasteiger partial charge on any atom is -0.506 e. The van der Waals surface area contributed by atoms with E-state index in [1.54, 1.807) is 36.4 Å². The molecule has 0 heterocycles. The van der Waals surface area contributed by atoms with Gasteiger partial charge in [-0.15, -0.1) is 0 Å². The topological polar surface area (TPSA) is 58.6 Å². The van der Waals surface area contributed by atoms with E-state index in [0.717, 1.165) is 12.2 Å². The summed E-state index contributed by atoms with van der Waals surface area (Å²) in [6, 6.07) is 10.3. The molecule has 0 aromatic heterocycles.